The number of hydrogen-bond donors (Lipinski definition) is 2. The first-order valence-corrected chi connectivity index (χ1v) is 11.4. The molecule has 1 amide bonds. The van der Waals surface area contributed by atoms with Crippen molar-refractivity contribution in [2.45, 2.75) is 32.9 Å². The smallest absolute Gasteiger partial charge is 0.312 e. The molecular formula is C27H24N4O4. The van der Waals surface area contributed by atoms with E-state index in [9.17, 15) is 14.4 Å². The fourth-order valence-electron chi connectivity index (χ4n) is 4.45. The number of ether oxygens (including phenoxy) is 1. The molecule has 2 N–H and O–H groups in total. The summed E-state index contributed by atoms with van der Waals surface area (Å²) in [7, 11) is 0. The van der Waals surface area contributed by atoms with Gasteiger partial charge in [0, 0.05) is 39.4 Å². The summed E-state index contributed by atoms with van der Waals surface area (Å²) in [5.74, 6) is -1.05. The zero-order valence-corrected chi connectivity index (χ0v) is 19.4. The van der Waals surface area contributed by atoms with Crippen molar-refractivity contribution in [3.05, 3.63) is 82.8 Å². The van der Waals surface area contributed by atoms with E-state index in [1.165, 1.54) is 6.92 Å². The summed E-state index contributed by atoms with van der Waals surface area (Å²) in [5, 5.41) is 12.4. The van der Waals surface area contributed by atoms with Crippen molar-refractivity contribution in [2.75, 3.05) is 5.32 Å². The van der Waals surface area contributed by atoms with Crippen LogP contribution in [0.4, 0.5) is 5.69 Å². The Labute approximate surface area is 200 Å². The molecule has 0 radical (unpaired) electrons. The second-order valence-electron chi connectivity index (χ2n) is 8.34. The van der Waals surface area contributed by atoms with Gasteiger partial charge in [-0.25, -0.2) is 5.10 Å². The van der Waals surface area contributed by atoms with Gasteiger partial charge in [0.1, 0.15) is 0 Å². The van der Waals surface area contributed by atoms with Crippen molar-refractivity contribution in [1.82, 2.24) is 14.8 Å². The van der Waals surface area contributed by atoms with Crippen molar-refractivity contribution >= 4 is 50.1 Å². The maximum absolute atomic E-state index is 12.8. The van der Waals surface area contributed by atoms with E-state index in [1.807, 2.05) is 30.3 Å². The Morgan fingerprint density at radius 2 is 1.66 bits per heavy atom. The van der Waals surface area contributed by atoms with Gasteiger partial charge < -0.3 is 14.6 Å². The summed E-state index contributed by atoms with van der Waals surface area (Å²) in [6, 6.07) is 20.8. The molecule has 1 atom stereocenters. The zero-order valence-electron chi connectivity index (χ0n) is 19.4. The molecular weight excluding hydrogens is 444 g/mol. The Bertz CT molecular complexity index is 1650. The number of hydrogen-bond acceptors (Lipinski definition) is 5. The Kier molecular flexibility index (Phi) is 5.78. The predicted octanol–water partition coefficient (Wildman–Crippen LogP) is 4.16. The largest absolute Gasteiger partial charge is 0.452 e. The topological polar surface area (TPSA) is 106 Å². The lowest BCUT2D eigenvalue weighted by molar-refractivity contribution is -0.152. The first-order valence-electron chi connectivity index (χ1n) is 11.4. The number of aryl methyl sites for hydroxylation is 1. The highest BCUT2D eigenvalue weighted by atomic mass is 16.5. The summed E-state index contributed by atoms with van der Waals surface area (Å²) < 4.78 is 7.59. The molecule has 0 bridgehead atoms. The summed E-state index contributed by atoms with van der Waals surface area (Å²) in [5.41, 5.74) is 2.91. The molecule has 0 aliphatic rings. The van der Waals surface area contributed by atoms with Gasteiger partial charge in [0.15, 0.2) is 6.10 Å². The van der Waals surface area contributed by atoms with E-state index in [1.54, 1.807) is 24.3 Å². The number of anilines is 1. The number of aromatic nitrogens is 3. The molecule has 35 heavy (non-hydrogen) atoms. The zero-order chi connectivity index (χ0) is 24.5. The highest BCUT2D eigenvalue weighted by molar-refractivity contribution is 6.10. The first kappa shape index (κ1) is 22.3. The Balaban J connectivity index is 1.31. The monoisotopic (exact) mass is 468 g/mol. The Morgan fingerprint density at radius 1 is 0.971 bits per heavy atom. The first-order chi connectivity index (χ1) is 17.0. The van der Waals surface area contributed by atoms with E-state index in [0.29, 0.717) is 22.2 Å². The number of carbonyl (C=O) groups excluding carboxylic acids is 2. The van der Waals surface area contributed by atoms with Crippen LogP contribution in [-0.4, -0.2) is 32.7 Å². The quantitative estimate of drug-likeness (QED) is 0.364. The summed E-state index contributed by atoms with van der Waals surface area (Å²) >= 11 is 0. The molecule has 176 valence electrons. The fraction of sp³-hybridized carbons (Fsp3) is 0.185. The van der Waals surface area contributed by atoms with Gasteiger partial charge in [-0.05, 0) is 44.2 Å². The van der Waals surface area contributed by atoms with Crippen LogP contribution >= 0.6 is 0 Å². The normalized spacial score (nSPS) is 12.2. The third kappa shape index (κ3) is 4.14. The number of nitrogens with zero attached hydrogens (tertiary/aromatic N) is 2. The van der Waals surface area contributed by atoms with E-state index in [2.05, 4.69) is 39.1 Å². The van der Waals surface area contributed by atoms with Crippen LogP contribution in [0.25, 0.3) is 32.6 Å². The maximum atomic E-state index is 12.8. The lowest BCUT2D eigenvalue weighted by Gasteiger charge is -2.14. The minimum absolute atomic E-state index is 0.169. The van der Waals surface area contributed by atoms with Crippen LogP contribution in [0, 0.1) is 0 Å². The van der Waals surface area contributed by atoms with Gasteiger partial charge >= 0.3 is 5.97 Å². The molecule has 0 aliphatic carbocycles. The molecule has 5 aromatic rings. The van der Waals surface area contributed by atoms with Gasteiger partial charge in [-0.15, -0.1) is 0 Å². The van der Waals surface area contributed by atoms with E-state index >= 15 is 0 Å². The molecule has 0 spiro atoms. The van der Waals surface area contributed by atoms with Crippen LogP contribution in [0.15, 0.2) is 71.5 Å². The second kappa shape index (κ2) is 9.06. The number of benzene rings is 3. The molecule has 0 aliphatic heterocycles. The van der Waals surface area contributed by atoms with Crippen LogP contribution < -0.4 is 10.9 Å². The molecule has 0 saturated heterocycles. The molecule has 2 aromatic heterocycles. The number of nitrogens with one attached hydrogen (secondary N) is 2. The lowest BCUT2D eigenvalue weighted by Crippen LogP contribution is -2.30. The van der Waals surface area contributed by atoms with Crippen LogP contribution in [0.2, 0.25) is 0 Å². The van der Waals surface area contributed by atoms with E-state index < -0.39 is 18.0 Å². The van der Waals surface area contributed by atoms with Gasteiger partial charge in [-0.3, -0.25) is 14.4 Å². The molecule has 3 aromatic carbocycles. The van der Waals surface area contributed by atoms with Crippen molar-refractivity contribution < 1.29 is 14.3 Å². The number of rotatable bonds is 6. The number of amides is 1. The van der Waals surface area contributed by atoms with Crippen LogP contribution in [0.5, 0.6) is 0 Å². The highest BCUT2D eigenvalue weighted by Crippen LogP contribution is 2.31. The number of para-hydroxylation sites is 1. The SMILES string of the molecule is CCn1c2ccccc2c2cc(NC(=O)C(C)OC(=O)Cc3n[nH]c(=O)c4ccccc34)ccc21. The fourth-order valence-corrected chi connectivity index (χ4v) is 4.45. The van der Waals surface area contributed by atoms with Gasteiger partial charge in [0.05, 0.1) is 17.5 Å². The molecule has 8 nitrogen and oxygen atoms in total. The third-order valence-electron chi connectivity index (χ3n) is 6.12. The molecule has 5 rings (SSSR count). The second-order valence-corrected chi connectivity index (χ2v) is 8.34. The van der Waals surface area contributed by atoms with Gasteiger partial charge in [-0.1, -0.05) is 36.4 Å². The number of carbonyl (C=O) groups is 2. The van der Waals surface area contributed by atoms with Gasteiger partial charge in [0.2, 0.25) is 0 Å². The average Bonchev–Trinajstić information content (AvgIpc) is 3.19. The maximum Gasteiger partial charge on any atom is 0.312 e. The minimum atomic E-state index is -1.01. The van der Waals surface area contributed by atoms with E-state index in [4.69, 9.17) is 4.74 Å². The van der Waals surface area contributed by atoms with Crippen molar-refractivity contribution in [1.29, 1.82) is 0 Å². The Hall–Kier alpha value is -4.46. The molecule has 2 heterocycles. The van der Waals surface area contributed by atoms with Crippen molar-refractivity contribution in [3.63, 3.8) is 0 Å². The van der Waals surface area contributed by atoms with E-state index in [0.717, 1.165) is 28.4 Å². The van der Waals surface area contributed by atoms with Crippen molar-refractivity contribution in [3.8, 4) is 0 Å². The highest BCUT2D eigenvalue weighted by Gasteiger charge is 2.20. The van der Waals surface area contributed by atoms with Crippen molar-refractivity contribution in [2.24, 2.45) is 0 Å². The van der Waals surface area contributed by atoms with E-state index in [-0.39, 0.29) is 12.0 Å². The van der Waals surface area contributed by atoms with Crippen LogP contribution in [0.3, 0.4) is 0 Å². The summed E-state index contributed by atoms with van der Waals surface area (Å²) in [4.78, 5) is 37.2. The van der Waals surface area contributed by atoms with Gasteiger partial charge in [0.25, 0.3) is 11.5 Å². The molecule has 8 heteroatoms. The number of esters is 1. The van der Waals surface area contributed by atoms with Crippen LogP contribution in [-0.2, 0) is 27.3 Å². The minimum Gasteiger partial charge on any atom is -0.452 e. The van der Waals surface area contributed by atoms with Gasteiger partial charge in [-0.2, -0.15) is 5.10 Å². The molecule has 0 fully saturated rings. The van der Waals surface area contributed by atoms with Crippen LogP contribution in [0.1, 0.15) is 19.5 Å². The average molecular weight is 469 g/mol. The standard InChI is InChI=1S/C27H24N4O4/c1-3-31-23-11-7-6-9-19(23)21-14-17(12-13-24(21)31)28-26(33)16(2)35-25(32)15-22-18-8-4-5-10-20(18)27(34)30-29-22/h4-14,16H,3,15H2,1-2H3,(H,28,33)(H,30,34). The predicted molar refractivity (Wildman–Crippen MR) is 135 cm³/mol. The number of H-pyrrole nitrogens is 1. The third-order valence-corrected chi connectivity index (χ3v) is 6.12. The Morgan fingerprint density at radius 3 is 2.43 bits per heavy atom. The number of aromatic amines is 1. The molecule has 0 saturated carbocycles. The molecule has 1 unspecified atom stereocenters. The number of fused-ring (bicyclic) bond motifs is 4. The summed E-state index contributed by atoms with van der Waals surface area (Å²) in [6.45, 7) is 4.46. The lowest BCUT2D eigenvalue weighted by atomic mass is 10.1. The summed E-state index contributed by atoms with van der Waals surface area (Å²) in [6.07, 6.45) is -1.18.